The van der Waals surface area contributed by atoms with E-state index in [1.165, 1.54) is 12.0 Å². The minimum absolute atomic E-state index is 0.330. The minimum atomic E-state index is 0.330. The highest BCUT2D eigenvalue weighted by atomic mass is 16.5. The number of hydrogen-bond acceptors (Lipinski definition) is 2. The molecule has 0 heterocycles. The predicted octanol–water partition coefficient (Wildman–Crippen LogP) is 3.02. The molecule has 0 bridgehead atoms. The Labute approximate surface area is 105 Å². The fraction of sp³-hybridized carbons (Fsp3) is 0.600. The summed E-state index contributed by atoms with van der Waals surface area (Å²) >= 11 is 0. The van der Waals surface area contributed by atoms with Crippen LogP contribution in [0.4, 0.5) is 0 Å². The van der Waals surface area contributed by atoms with Crippen molar-refractivity contribution in [1.82, 2.24) is 5.32 Å². The Bertz CT molecular complexity index is 284. The molecule has 0 saturated heterocycles. The molecule has 96 valence electrons. The van der Waals surface area contributed by atoms with Crippen LogP contribution in [0.1, 0.15) is 32.8 Å². The van der Waals surface area contributed by atoms with Crippen LogP contribution in [0.2, 0.25) is 0 Å². The molecule has 1 rings (SSSR count). The lowest BCUT2D eigenvalue weighted by Crippen LogP contribution is -2.30. The average molecular weight is 235 g/mol. The Balaban J connectivity index is 2.07. The van der Waals surface area contributed by atoms with E-state index in [1.54, 1.807) is 0 Å². The van der Waals surface area contributed by atoms with E-state index in [4.69, 9.17) is 4.74 Å². The largest absolute Gasteiger partial charge is 0.377 e. The lowest BCUT2D eigenvalue weighted by Gasteiger charge is -2.14. The van der Waals surface area contributed by atoms with Gasteiger partial charge in [-0.1, -0.05) is 30.3 Å². The second kappa shape index (κ2) is 8.26. The SMILES string of the molecule is CC(CCc1ccccc1)NCCOC(C)C. The van der Waals surface area contributed by atoms with E-state index in [0.717, 1.165) is 19.6 Å². The van der Waals surface area contributed by atoms with Crippen LogP contribution in [0.5, 0.6) is 0 Å². The summed E-state index contributed by atoms with van der Waals surface area (Å²) in [6.45, 7) is 8.11. The maximum Gasteiger partial charge on any atom is 0.0594 e. The van der Waals surface area contributed by atoms with Gasteiger partial charge in [0.1, 0.15) is 0 Å². The van der Waals surface area contributed by atoms with Crippen molar-refractivity contribution in [3.8, 4) is 0 Å². The number of benzene rings is 1. The van der Waals surface area contributed by atoms with Gasteiger partial charge < -0.3 is 10.1 Å². The van der Waals surface area contributed by atoms with Gasteiger partial charge in [-0.2, -0.15) is 0 Å². The van der Waals surface area contributed by atoms with Crippen molar-refractivity contribution in [2.45, 2.75) is 45.8 Å². The zero-order valence-corrected chi connectivity index (χ0v) is 11.3. The molecule has 0 aliphatic heterocycles. The summed E-state index contributed by atoms with van der Waals surface area (Å²) in [7, 11) is 0. The fourth-order valence-corrected chi connectivity index (χ4v) is 1.73. The molecule has 2 heteroatoms. The standard InChI is InChI=1S/C15H25NO/c1-13(2)17-12-11-16-14(3)9-10-15-7-5-4-6-8-15/h4-8,13-14,16H,9-12H2,1-3H3. The molecule has 0 amide bonds. The summed E-state index contributed by atoms with van der Waals surface area (Å²) in [6.07, 6.45) is 2.64. The van der Waals surface area contributed by atoms with E-state index < -0.39 is 0 Å². The van der Waals surface area contributed by atoms with Crippen LogP contribution in [0.15, 0.2) is 30.3 Å². The molecular formula is C15H25NO. The van der Waals surface area contributed by atoms with Gasteiger partial charge in [0.05, 0.1) is 12.7 Å². The van der Waals surface area contributed by atoms with Gasteiger partial charge in [0.25, 0.3) is 0 Å². The van der Waals surface area contributed by atoms with E-state index in [1.807, 2.05) is 0 Å². The van der Waals surface area contributed by atoms with Crippen molar-refractivity contribution >= 4 is 0 Å². The van der Waals surface area contributed by atoms with Crippen LogP contribution in [0.25, 0.3) is 0 Å². The molecule has 1 unspecified atom stereocenters. The number of aryl methyl sites for hydroxylation is 1. The topological polar surface area (TPSA) is 21.3 Å². The highest BCUT2D eigenvalue weighted by Crippen LogP contribution is 2.04. The molecule has 1 atom stereocenters. The molecule has 0 aliphatic rings. The first-order chi connectivity index (χ1) is 8.18. The third-order valence-electron chi connectivity index (χ3n) is 2.75. The summed E-state index contributed by atoms with van der Waals surface area (Å²) in [5, 5.41) is 3.48. The monoisotopic (exact) mass is 235 g/mol. The second-order valence-corrected chi connectivity index (χ2v) is 4.80. The first-order valence-electron chi connectivity index (χ1n) is 6.57. The Hall–Kier alpha value is -0.860. The zero-order valence-electron chi connectivity index (χ0n) is 11.3. The zero-order chi connectivity index (χ0) is 12.5. The molecule has 17 heavy (non-hydrogen) atoms. The third kappa shape index (κ3) is 7.14. The van der Waals surface area contributed by atoms with E-state index in [0.29, 0.717) is 12.1 Å². The maximum absolute atomic E-state index is 5.49. The van der Waals surface area contributed by atoms with Crippen LogP contribution in [0.3, 0.4) is 0 Å². The number of rotatable bonds is 8. The molecule has 1 N–H and O–H groups in total. The molecule has 0 saturated carbocycles. The van der Waals surface area contributed by atoms with Gasteiger partial charge >= 0.3 is 0 Å². The minimum Gasteiger partial charge on any atom is -0.377 e. The lowest BCUT2D eigenvalue weighted by molar-refractivity contribution is 0.0795. The fourth-order valence-electron chi connectivity index (χ4n) is 1.73. The van der Waals surface area contributed by atoms with Gasteiger partial charge in [-0.25, -0.2) is 0 Å². The van der Waals surface area contributed by atoms with Gasteiger partial charge in [-0.15, -0.1) is 0 Å². The van der Waals surface area contributed by atoms with Crippen molar-refractivity contribution < 1.29 is 4.74 Å². The molecule has 2 nitrogen and oxygen atoms in total. The van der Waals surface area contributed by atoms with Gasteiger partial charge in [0.2, 0.25) is 0 Å². The van der Waals surface area contributed by atoms with Crippen LogP contribution < -0.4 is 5.32 Å². The first kappa shape index (κ1) is 14.2. The molecule has 1 aromatic rings. The van der Waals surface area contributed by atoms with Crippen LogP contribution in [-0.2, 0) is 11.2 Å². The Morgan fingerprint density at radius 3 is 2.47 bits per heavy atom. The van der Waals surface area contributed by atoms with E-state index in [2.05, 4.69) is 56.4 Å². The van der Waals surface area contributed by atoms with Crippen molar-refractivity contribution in [1.29, 1.82) is 0 Å². The molecule has 1 aromatic carbocycles. The van der Waals surface area contributed by atoms with E-state index in [9.17, 15) is 0 Å². The lowest BCUT2D eigenvalue weighted by atomic mass is 10.1. The summed E-state index contributed by atoms with van der Waals surface area (Å²) in [5.41, 5.74) is 1.42. The van der Waals surface area contributed by atoms with Crippen LogP contribution in [-0.4, -0.2) is 25.3 Å². The summed E-state index contributed by atoms with van der Waals surface area (Å²) in [4.78, 5) is 0. The summed E-state index contributed by atoms with van der Waals surface area (Å²) in [6, 6.07) is 11.2. The Morgan fingerprint density at radius 2 is 1.82 bits per heavy atom. The van der Waals surface area contributed by atoms with Crippen molar-refractivity contribution in [3.05, 3.63) is 35.9 Å². The highest BCUT2D eigenvalue weighted by molar-refractivity contribution is 5.14. The first-order valence-corrected chi connectivity index (χ1v) is 6.57. The number of nitrogens with one attached hydrogen (secondary N) is 1. The summed E-state index contributed by atoms with van der Waals surface area (Å²) in [5.74, 6) is 0. The second-order valence-electron chi connectivity index (χ2n) is 4.80. The molecular weight excluding hydrogens is 210 g/mol. The maximum atomic E-state index is 5.49. The van der Waals surface area contributed by atoms with Crippen molar-refractivity contribution in [2.24, 2.45) is 0 Å². The molecule has 0 aromatic heterocycles. The number of hydrogen-bond donors (Lipinski definition) is 1. The van der Waals surface area contributed by atoms with Gasteiger partial charge in [0, 0.05) is 12.6 Å². The molecule has 0 spiro atoms. The Morgan fingerprint density at radius 1 is 1.12 bits per heavy atom. The molecule has 0 radical (unpaired) electrons. The van der Waals surface area contributed by atoms with Crippen LogP contribution in [0, 0.1) is 0 Å². The van der Waals surface area contributed by atoms with E-state index in [-0.39, 0.29) is 0 Å². The highest BCUT2D eigenvalue weighted by Gasteiger charge is 2.01. The molecule has 0 aliphatic carbocycles. The molecule has 0 fully saturated rings. The third-order valence-corrected chi connectivity index (χ3v) is 2.75. The number of ether oxygens (including phenoxy) is 1. The Kier molecular flexibility index (Phi) is 6.90. The average Bonchev–Trinajstić information content (AvgIpc) is 2.33. The summed E-state index contributed by atoms with van der Waals surface area (Å²) < 4.78 is 5.49. The van der Waals surface area contributed by atoms with Gasteiger partial charge in [0.15, 0.2) is 0 Å². The van der Waals surface area contributed by atoms with Crippen molar-refractivity contribution in [3.63, 3.8) is 0 Å². The van der Waals surface area contributed by atoms with E-state index >= 15 is 0 Å². The van der Waals surface area contributed by atoms with Crippen LogP contribution >= 0.6 is 0 Å². The van der Waals surface area contributed by atoms with Gasteiger partial charge in [-0.05, 0) is 39.2 Å². The predicted molar refractivity (Wildman–Crippen MR) is 73.3 cm³/mol. The normalized spacial score (nSPS) is 12.9. The van der Waals surface area contributed by atoms with Crippen molar-refractivity contribution in [2.75, 3.05) is 13.2 Å². The van der Waals surface area contributed by atoms with Gasteiger partial charge in [-0.3, -0.25) is 0 Å². The quantitative estimate of drug-likeness (QED) is 0.699. The smallest absolute Gasteiger partial charge is 0.0594 e.